The van der Waals surface area contributed by atoms with E-state index in [1.807, 2.05) is 0 Å². The number of nitrogens with zero attached hydrogens (tertiary/aromatic N) is 1. The minimum absolute atomic E-state index is 0.203. The van der Waals surface area contributed by atoms with E-state index in [0.29, 0.717) is 5.69 Å². The molecule has 0 fully saturated rings. The highest BCUT2D eigenvalue weighted by Crippen LogP contribution is 2.23. The van der Waals surface area contributed by atoms with Crippen molar-refractivity contribution in [2.24, 2.45) is 0 Å². The van der Waals surface area contributed by atoms with Crippen LogP contribution in [0.15, 0.2) is 40.7 Å². The minimum atomic E-state index is -3.90. The van der Waals surface area contributed by atoms with Crippen molar-refractivity contribution in [1.82, 2.24) is 9.71 Å². The number of carbonyl (C=O) groups is 1. The van der Waals surface area contributed by atoms with E-state index < -0.39 is 22.0 Å². The number of pyridine rings is 1. The fraction of sp³-hybridized carbons (Fsp3) is 0.167. The van der Waals surface area contributed by atoms with Crippen molar-refractivity contribution < 1.29 is 18.3 Å². The number of hydrogen-bond donors (Lipinski definition) is 2. The van der Waals surface area contributed by atoms with E-state index in [9.17, 15) is 13.2 Å². The maximum atomic E-state index is 12.2. The van der Waals surface area contributed by atoms with Crippen LogP contribution in [0, 0.1) is 0 Å². The van der Waals surface area contributed by atoms with Gasteiger partial charge in [0.15, 0.2) is 0 Å². The number of thiophene rings is 1. The molecule has 8 heteroatoms. The second-order valence-corrected chi connectivity index (χ2v) is 6.62. The molecule has 20 heavy (non-hydrogen) atoms. The molecule has 0 amide bonds. The Bertz CT molecular complexity index is 710. The molecule has 2 aromatic heterocycles. The van der Waals surface area contributed by atoms with Gasteiger partial charge in [0.05, 0.1) is 11.7 Å². The second-order valence-electron chi connectivity index (χ2n) is 4.02. The summed E-state index contributed by atoms with van der Waals surface area (Å²) in [6.45, 7) is 1.65. The fourth-order valence-corrected chi connectivity index (χ4v) is 4.13. The molecule has 0 saturated carbocycles. The zero-order valence-corrected chi connectivity index (χ0v) is 12.1. The number of carboxylic acids is 1. The molecule has 0 bridgehead atoms. The van der Waals surface area contributed by atoms with E-state index in [-0.39, 0.29) is 9.77 Å². The Morgan fingerprint density at radius 1 is 1.40 bits per heavy atom. The molecule has 0 unspecified atom stereocenters. The highest BCUT2D eigenvalue weighted by Gasteiger charge is 2.25. The third-order valence-corrected chi connectivity index (χ3v) is 5.19. The summed E-state index contributed by atoms with van der Waals surface area (Å²) in [7, 11) is -3.90. The molecule has 0 aliphatic heterocycles. The summed E-state index contributed by atoms with van der Waals surface area (Å²) in [5.74, 6) is -1.26. The zero-order chi connectivity index (χ0) is 14.8. The van der Waals surface area contributed by atoms with Crippen LogP contribution in [-0.2, 0) is 10.0 Å². The van der Waals surface area contributed by atoms with Crippen LogP contribution < -0.4 is 4.72 Å². The van der Waals surface area contributed by atoms with Crippen molar-refractivity contribution in [3.8, 4) is 0 Å². The Morgan fingerprint density at radius 3 is 2.75 bits per heavy atom. The van der Waals surface area contributed by atoms with E-state index in [1.54, 1.807) is 31.3 Å². The van der Waals surface area contributed by atoms with E-state index in [1.165, 1.54) is 11.4 Å². The lowest BCUT2D eigenvalue weighted by Crippen LogP contribution is -2.28. The third kappa shape index (κ3) is 3.03. The Labute approximate surface area is 120 Å². The van der Waals surface area contributed by atoms with Gasteiger partial charge in [-0.25, -0.2) is 17.9 Å². The van der Waals surface area contributed by atoms with Gasteiger partial charge in [-0.2, -0.15) is 0 Å². The van der Waals surface area contributed by atoms with Gasteiger partial charge in [-0.1, -0.05) is 6.07 Å². The van der Waals surface area contributed by atoms with Gasteiger partial charge in [0.1, 0.15) is 9.77 Å². The first-order valence-corrected chi connectivity index (χ1v) is 8.02. The van der Waals surface area contributed by atoms with Crippen molar-refractivity contribution in [3.05, 3.63) is 46.4 Å². The first kappa shape index (κ1) is 14.6. The van der Waals surface area contributed by atoms with Crippen LogP contribution in [0.3, 0.4) is 0 Å². The topological polar surface area (TPSA) is 96.4 Å². The van der Waals surface area contributed by atoms with Crippen molar-refractivity contribution in [2.75, 3.05) is 0 Å². The molecule has 6 nitrogen and oxygen atoms in total. The zero-order valence-electron chi connectivity index (χ0n) is 10.5. The van der Waals surface area contributed by atoms with Gasteiger partial charge in [0, 0.05) is 6.20 Å². The number of sulfonamides is 1. The van der Waals surface area contributed by atoms with Crippen molar-refractivity contribution >= 4 is 27.3 Å². The number of aromatic carboxylic acids is 1. The lowest BCUT2D eigenvalue weighted by Gasteiger charge is -2.13. The summed E-state index contributed by atoms with van der Waals surface area (Å²) in [6.07, 6.45) is 1.56. The van der Waals surface area contributed by atoms with Crippen LogP contribution in [0.5, 0.6) is 0 Å². The first-order chi connectivity index (χ1) is 9.42. The largest absolute Gasteiger partial charge is 0.477 e. The molecule has 0 aliphatic carbocycles. The monoisotopic (exact) mass is 312 g/mol. The van der Waals surface area contributed by atoms with Crippen LogP contribution in [0.4, 0.5) is 0 Å². The van der Waals surface area contributed by atoms with Crippen molar-refractivity contribution in [3.63, 3.8) is 0 Å². The van der Waals surface area contributed by atoms with Gasteiger partial charge in [-0.3, -0.25) is 4.98 Å². The van der Waals surface area contributed by atoms with Gasteiger partial charge in [-0.05, 0) is 30.5 Å². The van der Waals surface area contributed by atoms with Crippen molar-refractivity contribution in [1.29, 1.82) is 0 Å². The minimum Gasteiger partial charge on any atom is -0.477 e. The maximum Gasteiger partial charge on any atom is 0.347 e. The smallest absolute Gasteiger partial charge is 0.347 e. The SMILES string of the molecule is C[C@H](NS(=O)(=O)c1ccsc1C(=O)O)c1ccccn1. The molecule has 2 rings (SSSR count). The first-order valence-electron chi connectivity index (χ1n) is 5.66. The van der Waals surface area contributed by atoms with E-state index in [2.05, 4.69) is 9.71 Å². The molecule has 2 aromatic rings. The standard InChI is InChI=1S/C12H12N2O4S2/c1-8(9-4-2-3-6-13-9)14-20(17,18)10-5-7-19-11(10)12(15)16/h2-8,14H,1H3,(H,15,16)/t8-/m0/s1. The molecule has 2 N–H and O–H groups in total. The number of hydrogen-bond acceptors (Lipinski definition) is 5. The van der Waals surface area contributed by atoms with Gasteiger partial charge in [0.25, 0.3) is 0 Å². The predicted molar refractivity (Wildman–Crippen MR) is 74.3 cm³/mol. The summed E-state index contributed by atoms with van der Waals surface area (Å²) in [4.78, 5) is 14.6. The number of carboxylic acid groups (broad SMARTS) is 1. The average molecular weight is 312 g/mol. The Morgan fingerprint density at radius 2 is 2.15 bits per heavy atom. The summed E-state index contributed by atoms with van der Waals surface area (Å²) in [5, 5.41) is 10.4. The van der Waals surface area contributed by atoms with E-state index in [0.717, 1.165) is 11.3 Å². The average Bonchev–Trinajstić information content (AvgIpc) is 2.89. The Hall–Kier alpha value is -1.77. The highest BCUT2D eigenvalue weighted by molar-refractivity contribution is 7.89. The molecule has 0 aromatic carbocycles. The van der Waals surface area contributed by atoms with Crippen LogP contribution in [-0.4, -0.2) is 24.5 Å². The summed E-state index contributed by atoms with van der Waals surface area (Å²) in [5.41, 5.74) is 0.558. The van der Waals surface area contributed by atoms with Crippen LogP contribution >= 0.6 is 11.3 Å². The number of rotatable bonds is 5. The molecule has 0 spiro atoms. The molecule has 2 heterocycles. The van der Waals surface area contributed by atoms with E-state index >= 15 is 0 Å². The quantitative estimate of drug-likeness (QED) is 0.878. The summed E-state index contributed by atoms with van der Waals surface area (Å²) in [6, 6.07) is 5.90. The highest BCUT2D eigenvalue weighted by atomic mass is 32.2. The second kappa shape index (κ2) is 5.70. The molecular weight excluding hydrogens is 300 g/mol. The molecule has 1 atom stereocenters. The lowest BCUT2D eigenvalue weighted by atomic mass is 10.2. The van der Waals surface area contributed by atoms with Crippen LogP contribution in [0.25, 0.3) is 0 Å². The number of aromatic nitrogens is 1. The maximum absolute atomic E-state index is 12.2. The van der Waals surface area contributed by atoms with E-state index in [4.69, 9.17) is 5.11 Å². The van der Waals surface area contributed by atoms with Gasteiger partial charge >= 0.3 is 5.97 Å². The van der Waals surface area contributed by atoms with Crippen molar-refractivity contribution in [2.45, 2.75) is 17.9 Å². The van der Waals surface area contributed by atoms with Gasteiger partial charge < -0.3 is 5.11 Å². The molecular formula is C12H12N2O4S2. The Kier molecular flexibility index (Phi) is 4.17. The normalized spacial score (nSPS) is 13.1. The molecule has 0 radical (unpaired) electrons. The van der Waals surface area contributed by atoms with Gasteiger partial charge in [-0.15, -0.1) is 11.3 Å². The predicted octanol–water partition coefficient (Wildman–Crippen LogP) is 1.88. The number of nitrogens with one attached hydrogen (secondary N) is 1. The summed E-state index contributed by atoms with van der Waals surface area (Å²) >= 11 is 0.873. The fourth-order valence-electron chi connectivity index (χ4n) is 1.65. The van der Waals surface area contributed by atoms with Crippen LogP contribution in [0.2, 0.25) is 0 Å². The van der Waals surface area contributed by atoms with Crippen LogP contribution in [0.1, 0.15) is 28.3 Å². The Balaban J connectivity index is 2.28. The molecule has 0 aliphatic rings. The molecule has 106 valence electrons. The third-order valence-electron chi connectivity index (χ3n) is 2.58. The molecule has 0 saturated heterocycles. The summed E-state index contributed by atoms with van der Waals surface area (Å²) < 4.78 is 26.8. The lowest BCUT2D eigenvalue weighted by molar-refractivity contribution is 0.0698. The van der Waals surface area contributed by atoms with Gasteiger partial charge in [0.2, 0.25) is 10.0 Å².